The second-order valence-electron chi connectivity index (χ2n) is 9.71. The van der Waals surface area contributed by atoms with Gasteiger partial charge in [0.1, 0.15) is 17.1 Å². The Hall–Kier alpha value is -4.64. The number of thioether (sulfide) groups is 1. The Kier molecular flexibility index (Phi) is 8.85. The van der Waals surface area contributed by atoms with E-state index < -0.39 is 6.03 Å². The van der Waals surface area contributed by atoms with E-state index in [-0.39, 0.29) is 11.0 Å². The van der Waals surface area contributed by atoms with Gasteiger partial charge in [-0.1, -0.05) is 45.9 Å². The van der Waals surface area contributed by atoms with Crippen molar-refractivity contribution in [3.05, 3.63) is 89.1 Å². The normalized spacial score (nSPS) is 12.3. The van der Waals surface area contributed by atoms with E-state index in [9.17, 15) is 9.59 Å². The number of carbonyl (C=O) groups is 1. The van der Waals surface area contributed by atoms with Crippen LogP contribution in [0.5, 0.6) is 11.5 Å². The molecule has 10 nitrogen and oxygen atoms in total. The summed E-state index contributed by atoms with van der Waals surface area (Å²) >= 11 is 1.55. The molecule has 0 aliphatic heterocycles. The number of aromatic amines is 1. The third-order valence-electron chi connectivity index (χ3n) is 5.57. The fourth-order valence-corrected chi connectivity index (χ4v) is 4.23. The number of nitrogens with zero attached hydrogens (tertiary/aromatic N) is 3. The topological polar surface area (TPSA) is 147 Å². The summed E-state index contributed by atoms with van der Waals surface area (Å²) in [5.74, 6) is 2.06. The molecule has 4 aromatic rings. The van der Waals surface area contributed by atoms with Crippen LogP contribution in [0.4, 0.5) is 16.2 Å². The molecule has 40 heavy (non-hydrogen) atoms. The van der Waals surface area contributed by atoms with Gasteiger partial charge in [0, 0.05) is 34.3 Å². The number of rotatable bonds is 7. The molecular weight excluding hydrogens is 526 g/mol. The number of allylic oxidation sites excluding steroid dienone is 1. The van der Waals surface area contributed by atoms with E-state index in [1.165, 1.54) is 12.4 Å². The van der Waals surface area contributed by atoms with E-state index in [1.54, 1.807) is 36.0 Å². The Morgan fingerprint density at radius 2 is 1.93 bits per heavy atom. The van der Waals surface area contributed by atoms with Gasteiger partial charge in [-0.25, -0.2) is 19.8 Å². The fraction of sp³-hybridized carbons (Fsp3) is 0.207. The zero-order valence-corrected chi connectivity index (χ0v) is 23.5. The van der Waals surface area contributed by atoms with Crippen molar-refractivity contribution in [2.45, 2.75) is 32.6 Å². The van der Waals surface area contributed by atoms with E-state index in [0.29, 0.717) is 45.6 Å². The molecule has 0 fully saturated rings. The number of anilines is 1. The predicted molar refractivity (Wildman–Crippen MR) is 160 cm³/mol. The highest BCUT2D eigenvalue weighted by Crippen LogP contribution is 2.34. The third-order valence-corrected chi connectivity index (χ3v) is 6.51. The Balaban J connectivity index is 1.57. The van der Waals surface area contributed by atoms with Gasteiger partial charge in [-0.3, -0.25) is 10.1 Å². The molecular formula is C29H31N7O3S. The van der Waals surface area contributed by atoms with Crippen LogP contribution in [-0.2, 0) is 0 Å². The van der Waals surface area contributed by atoms with E-state index in [1.807, 2.05) is 64.1 Å². The van der Waals surface area contributed by atoms with Crippen LogP contribution in [0.15, 0.2) is 93.4 Å². The van der Waals surface area contributed by atoms with E-state index in [4.69, 9.17) is 10.5 Å². The van der Waals surface area contributed by atoms with Crippen LogP contribution in [0.25, 0.3) is 11.2 Å². The van der Waals surface area contributed by atoms with Crippen molar-refractivity contribution in [2.24, 2.45) is 16.1 Å². The number of nitrogens with one attached hydrogen (secondary N) is 3. The highest BCUT2D eigenvalue weighted by atomic mass is 32.2. The maximum absolute atomic E-state index is 13.1. The molecule has 0 saturated heterocycles. The molecule has 206 valence electrons. The molecule has 0 unspecified atom stereocenters. The average Bonchev–Trinajstić information content (AvgIpc) is 2.90. The number of ether oxygens (including phenoxy) is 1. The molecule has 0 bridgehead atoms. The van der Waals surface area contributed by atoms with Crippen molar-refractivity contribution in [3.63, 3.8) is 0 Å². The van der Waals surface area contributed by atoms with Gasteiger partial charge in [0.15, 0.2) is 11.4 Å². The lowest BCUT2D eigenvalue weighted by Crippen LogP contribution is -2.34. The van der Waals surface area contributed by atoms with Crippen LogP contribution in [0, 0.1) is 5.41 Å². The molecule has 2 aromatic carbocycles. The largest absolute Gasteiger partial charge is 0.455 e. The Morgan fingerprint density at radius 3 is 2.65 bits per heavy atom. The molecule has 2 heterocycles. The number of hydrogen-bond donors (Lipinski definition) is 4. The minimum Gasteiger partial charge on any atom is -0.455 e. The van der Waals surface area contributed by atoms with Gasteiger partial charge in [0.2, 0.25) is 0 Å². The monoisotopic (exact) mass is 557 g/mol. The molecule has 0 atom stereocenters. The summed E-state index contributed by atoms with van der Waals surface area (Å²) in [7, 11) is 0. The number of nitrogens with two attached hydrogens (primary N) is 1. The van der Waals surface area contributed by atoms with E-state index in [0.717, 1.165) is 10.6 Å². The summed E-state index contributed by atoms with van der Waals surface area (Å²) in [4.78, 5) is 41.0. The lowest BCUT2D eigenvalue weighted by atomic mass is 9.92. The van der Waals surface area contributed by atoms with Crippen LogP contribution in [0.3, 0.4) is 0 Å². The highest BCUT2D eigenvalue weighted by molar-refractivity contribution is 7.99. The smallest absolute Gasteiger partial charge is 0.324 e. The lowest BCUT2D eigenvalue weighted by molar-refractivity contribution is 0.256. The number of H-pyrrole nitrogens is 1. The van der Waals surface area contributed by atoms with Crippen molar-refractivity contribution in [2.75, 3.05) is 11.1 Å². The number of urea groups is 1. The minimum atomic E-state index is -0.465. The molecule has 0 aliphatic carbocycles. The van der Waals surface area contributed by atoms with E-state index >= 15 is 0 Å². The molecule has 11 heteroatoms. The average molecular weight is 558 g/mol. The maximum atomic E-state index is 13.1. The Bertz CT molecular complexity index is 1630. The first-order chi connectivity index (χ1) is 19.1. The molecule has 2 amide bonds. The van der Waals surface area contributed by atoms with Crippen LogP contribution < -0.4 is 26.7 Å². The van der Waals surface area contributed by atoms with Gasteiger partial charge in [-0.2, -0.15) is 0 Å². The molecule has 5 N–H and O–H groups in total. The molecule has 0 radical (unpaired) electrons. The van der Waals surface area contributed by atoms with Gasteiger partial charge < -0.3 is 20.8 Å². The van der Waals surface area contributed by atoms with Gasteiger partial charge in [0.05, 0.1) is 17.6 Å². The maximum Gasteiger partial charge on any atom is 0.324 e. The number of amidine groups is 1. The predicted octanol–water partition coefficient (Wildman–Crippen LogP) is 5.96. The summed E-state index contributed by atoms with van der Waals surface area (Å²) in [5, 5.41) is 5.74. The minimum absolute atomic E-state index is 0.304. The summed E-state index contributed by atoms with van der Waals surface area (Å²) in [6, 6.07) is 15.9. The highest BCUT2D eigenvalue weighted by Gasteiger charge is 2.16. The van der Waals surface area contributed by atoms with Gasteiger partial charge in [-0.05, 0) is 36.1 Å². The summed E-state index contributed by atoms with van der Waals surface area (Å²) in [6.45, 7) is 7.98. The third kappa shape index (κ3) is 7.48. The number of fused-ring (bicyclic) bond motifs is 1. The van der Waals surface area contributed by atoms with Crippen LogP contribution in [-0.4, -0.2) is 32.6 Å². The molecule has 0 saturated carbocycles. The number of amides is 2. The first kappa shape index (κ1) is 28.4. The van der Waals surface area contributed by atoms with Crippen LogP contribution in [0.1, 0.15) is 27.7 Å². The first-order valence-electron chi connectivity index (χ1n) is 12.6. The molecule has 4 rings (SSSR count). The second kappa shape index (κ2) is 12.5. The van der Waals surface area contributed by atoms with Crippen molar-refractivity contribution < 1.29 is 9.53 Å². The molecule has 0 spiro atoms. The first-order valence-corrected chi connectivity index (χ1v) is 13.6. The lowest BCUT2D eigenvalue weighted by Gasteiger charge is -2.19. The van der Waals surface area contributed by atoms with Crippen molar-refractivity contribution in [1.29, 1.82) is 0 Å². The van der Waals surface area contributed by atoms with Crippen LogP contribution >= 0.6 is 11.8 Å². The number of pyridine rings is 1. The van der Waals surface area contributed by atoms with Crippen molar-refractivity contribution in [1.82, 2.24) is 20.3 Å². The molecule has 0 aliphatic rings. The van der Waals surface area contributed by atoms with Crippen LogP contribution in [0.2, 0.25) is 0 Å². The van der Waals surface area contributed by atoms with Crippen molar-refractivity contribution >= 4 is 46.2 Å². The Morgan fingerprint density at radius 1 is 1.15 bits per heavy atom. The SMILES string of the molecule is CCSc1cc(Oc2ccnc3[nH]c(=O)cnc23)ccc1NC(=O)NC(/C=C(\N)C(C)(C)C)=Nc1ccccc1. The summed E-state index contributed by atoms with van der Waals surface area (Å²) in [5.41, 5.74) is 8.26. The van der Waals surface area contributed by atoms with Gasteiger partial charge >= 0.3 is 6.03 Å². The van der Waals surface area contributed by atoms with Crippen molar-refractivity contribution in [3.8, 4) is 11.5 Å². The quantitative estimate of drug-likeness (QED) is 0.124. The number of benzene rings is 2. The summed E-state index contributed by atoms with van der Waals surface area (Å²) < 4.78 is 6.08. The zero-order chi connectivity index (χ0) is 28.7. The van der Waals surface area contributed by atoms with Gasteiger partial charge in [0.25, 0.3) is 5.56 Å². The van der Waals surface area contributed by atoms with Gasteiger partial charge in [-0.15, -0.1) is 11.8 Å². The number of para-hydroxylation sites is 1. The number of carbonyl (C=O) groups excluding carboxylic acids is 1. The number of aromatic nitrogens is 3. The molecule has 2 aromatic heterocycles. The standard InChI is InChI=1S/C29H31N7O3S/c1-5-40-22-15-19(39-21-13-14-31-27-26(21)32-17-25(37)36-27)11-12-20(22)34-28(38)35-24(16-23(30)29(2,3)4)33-18-9-7-6-8-10-18/h6-17H,5,30H2,1-4H3,(H,31,36,37)(H2,33,34,35,38)/b23-16-. The fourth-order valence-electron chi connectivity index (χ4n) is 3.45. The summed E-state index contributed by atoms with van der Waals surface area (Å²) in [6.07, 6.45) is 4.39. The zero-order valence-electron chi connectivity index (χ0n) is 22.7. The number of hydrogen-bond acceptors (Lipinski definition) is 8. The Labute approximate surface area is 236 Å². The second-order valence-corrected chi connectivity index (χ2v) is 11.0. The van der Waals surface area contributed by atoms with E-state index in [2.05, 4.69) is 30.6 Å². The number of aliphatic imine (C=N–C) groups is 1.